The Bertz CT molecular complexity index is 737. The van der Waals surface area contributed by atoms with Crippen molar-refractivity contribution in [3.63, 3.8) is 0 Å². The van der Waals surface area contributed by atoms with Gasteiger partial charge in [-0.3, -0.25) is 4.79 Å². The monoisotopic (exact) mass is 329 g/mol. The number of nitrogens with zero attached hydrogens (tertiary/aromatic N) is 1. The van der Waals surface area contributed by atoms with E-state index in [0.29, 0.717) is 12.1 Å². The molecule has 23 heavy (non-hydrogen) atoms. The number of carbonyl (C=O) groups is 2. The first-order chi connectivity index (χ1) is 11.1. The number of benzene rings is 1. The normalized spacial score (nSPS) is 16.9. The molecule has 0 radical (unpaired) electrons. The van der Waals surface area contributed by atoms with Crippen LogP contribution in [0.1, 0.15) is 45.7 Å². The van der Waals surface area contributed by atoms with Crippen molar-refractivity contribution in [2.75, 3.05) is 6.54 Å². The smallest absolute Gasteiger partial charge is 0.335 e. The van der Waals surface area contributed by atoms with Gasteiger partial charge in [-0.15, -0.1) is 11.3 Å². The lowest BCUT2D eigenvalue weighted by Gasteiger charge is -2.35. The number of aromatic carboxylic acids is 1. The van der Waals surface area contributed by atoms with Crippen molar-refractivity contribution >= 4 is 23.2 Å². The first-order valence-corrected chi connectivity index (χ1v) is 8.66. The molecule has 0 spiro atoms. The maximum absolute atomic E-state index is 12.8. The van der Waals surface area contributed by atoms with Gasteiger partial charge in [-0.1, -0.05) is 25.1 Å². The molecule has 1 atom stereocenters. The lowest BCUT2D eigenvalue weighted by atomic mass is 9.96. The van der Waals surface area contributed by atoms with Gasteiger partial charge in [-0.2, -0.15) is 0 Å². The highest BCUT2D eigenvalue weighted by Gasteiger charge is 2.30. The van der Waals surface area contributed by atoms with Gasteiger partial charge in [0.15, 0.2) is 0 Å². The van der Waals surface area contributed by atoms with Crippen LogP contribution in [0.4, 0.5) is 0 Å². The molecule has 1 amide bonds. The first kappa shape index (κ1) is 15.7. The molecule has 0 saturated heterocycles. The summed E-state index contributed by atoms with van der Waals surface area (Å²) in [6.45, 7) is 2.79. The fourth-order valence-electron chi connectivity index (χ4n) is 3.28. The van der Waals surface area contributed by atoms with Crippen molar-refractivity contribution in [2.45, 2.75) is 32.2 Å². The minimum absolute atomic E-state index is 0.00222. The Morgan fingerprint density at radius 2 is 2.09 bits per heavy atom. The van der Waals surface area contributed by atoms with Gasteiger partial charge in [-0.25, -0.2) is 4.79 Å². The van der Waals surface area contributed by atoms with Gasteiger partial charge in [0.25, 0.3) is 0 Å². The first-order valence-electron chi connectivity index (χ1n) is 7.78. The SMILES string of the molecule is CCC1c2ccsc2CCN1C(=O)Cc1ccccc1C(=O)O. The van der Waals surface area contributed by atoms with Crippen molar-refractivity contribution in [1.29, 1.82) is 0 Å². The summed E-state index contributed by atoms with van der Waals surface area (Å²) in [6.07, 6.45) is 1.89. The zero-order valence-electron chi connectivity index (χ0n) is 13.0. The predicted molar refractivity (Wildman–Crippen MR) is 89.9 cm³/mol. The van der Waals surface area contributed by atoms with Crippen LogP contribution in [0.2, 0.25) is 0 Å². The molecule has 5 heteroatoms. The number of amides is 1. The highest BCUT2D eigenvalue weighted by atomic mass is 32.1. The molecule has 2 heterocycles. The Kier molecular flexibility index (Phi) is 4.48. The predicted octanol–water partition coefficient (Wildman–Crippen LogP) is 3.52. The Labute approximate surface area is 139 Å². The minimum Gasteiger partial charge on any atom is -0.478 e. The van der Waals surface area contributed by atoms with Gasteiger partial charge in [-0.05, 0) is 41.5 Å². The van der Waals surface area contributed by atoms with E-state index in [1.807, 2.05) is 4.90 Å². The topological polar surface area (TPSA) is 57.6 Å². The number of rotatable bonds is 4. The van der Waals surface area contributed by atoms with Crippen LogP contribution < -0.4 is 0 Å². The summed E-state index contributed by atoms with van der Waals surface area (Å²) >= 11 is 1.75. The number of carbonyl (C=O) groups excluding carboxylic acids is 1. The highest BCUT2D eigenvalue weighted by Crippen LogP contribution is 2.35. The Morgan fingerprint density at radius 3 is 2.83 bits per heavy atom. The molecular formula is C18H19NO3S. The second-order valence-electron chi connectivity index (χ2n) is 5.70. The summed E-state index contributed by atoms with van der Waals surface area (Å²) < 4.78 is 0. The van der Waals surface area contributed by atoms with Gasteiger partial charge < -0.3 is 10.0 Å². The molecule has 1 N–H and O–H groups in total. The maximum Gasteiger partial charge on any atom is 0.335 e. The fourth-order valence-corrected chi connectivity index (χ4v) is 4.21. The summed E-state index contributed by atoms with van der Waals surface area (Å²) in [5, 5.41) is 11.4. The summed E-state index contributed by atoms with van der Waals surface area (Å²) in [7, 11) is 0. The van der Waals surface area contributed by atoms with Crippen molar-refractivity contribution in [3.05, 3.63) is 57.3 Å². The highest BCUT2D eigenvalue weighted by molar-refractivity contribution is 7.10. The maximum atomic E-state index is 12.8. The molecule has 1 aromatic heterocycles. The number of hydrogen-bond acceptors (Lipinski definition) is 3. The molecule has 0 bridgehead atoms. The largest absolute Gasteiger partial charge is 0.478 e. The van der Waals surface area contributed by atoms with E-state index in [0.717, 1.165) is 12.8 Å². The van der Waals surface area contributed by atoms with E-state index in [4.69, 9.17) is 0 Å². The molecule has 4 nitrogen and oxygen atoms in total. The van der Waals surface area contributed by atoms with E-state index in [9.17, 15) is 14.7 Å². The molecule has 0 fully saturated rings. The minimum atomic E-state index is -0.987. The van der Waals surface area contributed by atoms with Crippen LogP contribution in [0.3, 0.4) is 0 Å². The zero-order valence-corrected chi connectivity index (χ0v) is 13.8. The van der Waals surface area contributed by atoms with Gasteiger partial charge in [0.05, 0.1) is 18.0 Å². The number of carboxylic acids is 1. The molecule has 0 aliphatic carbocycles. The molecular weight excluding hydrogens is 310 g/mol. The van der Waals surface area contributed by atoms with Crippen molar-refractivity contribution in [1.82, 2.24) is 4.90 Å². The van der Waals surface area contributed by atoms with Gasteiger partial charge in [0, 0.05) is 11.4 Å². The van der Waals surface area contributed by atoms with Crippen molar-refractivity contribution in [3.8, 4) is 0 Å². The lowest BCUT2D eigenvalue weighted by molar-refractivity contribution is -0.133. The van der Waals surface area contributed by atoms with E-state index in [1.54, 1.807) is 35.6 Å². The summed E-state index contributed by atoms with van der Waals surface area (Å²) in [5.41, 5.74) is 2.04. The summed E-state index contributed by atoms with van der Waals surface area (Å²) in [5.74, 6) is -0.985. The van der Waals surface area contributed by atoms with Crippen molar-refractivity contribution in [2.24, 2.45) is 0 Å². The van der Waals surface area contributed by atoms with E-state index in [-0.39, 0.29) is 23.9 Å². The van der Waals surface area contributed by atoms with E-state index < -0.39 is 5.97 Å². The molecule has 1 aliphatic rings. The molecule has 3 rings (SSSR count). The number of carboxylic acid groups (broad SMARTS) is 1. The van der Waals surface area contributed by atoms with Crippen LogP contribution in [-0.2, 0) is 17.6 Å². The lowest BCUT2D eigenvalue weighted by Crippen LogP contribution is -2.40. The molecule has 1 aromatic carbocycles. The van der Waals surface area contributed by atoms with Crippen LogP contribution in [0.5, 0.6) is 0 Å². The van der Waals surface area contributed by atoms with Crippen LogP contribution in [0.25, 0.3) is 0 Å². The van der Waals surface area contributed by atoms with Gasteiger partial charge in [0.2, 0.25) is 5.91 Å². The molecule has 0 saturated carbocycles. The van der Waals surface area contributed by atoms with Crippen LogP contribution >= 0.6 is 11.3 Å². The van der Waals surface area contributed by atoms with Gasteiger partial charge in [0.1, 0.15) is 0 Å². The van der Waals surface area contributed by atoms with E-state index in [2.05, 4.69) is 18.4 Å². The second-order valence-corrected chi connectivity index (χ2v) is 6.70. The third kappa shape index (κ3) is 3.01. The third-order valence-electron chi connectivity index (χ3n) is 4.39. The van der Waals surface area contributed by atoms with Crippen LogP contribution in [-0.4, -0.2) is 28.4 Å². The number of fused-ring (bicyclic) bond motifs is 1. The third-order valence-corrected chi connectivity index (χ3v) is 5.39. The zero-order chi connectivity index (χ0) is 16.4. The molecule has 1 aliphatic heterocycles. The Balaban J connectivity index is 1.83. The molecule has 2 aromatic rings. The van der Waals surface area contributed by atoms with Crippen molar-refractivity contribution < 1.29 is 14.7 Å². The summed E-state index contributed by atoms with van der Waals surface area (Å²) in [4.78, 5) is 27.4. The molecule has 120 valence electrons. The average molecular weight is 329 g/mol. The quantitative estimate of drug-likeness (QED) is 0.933. The van der Waals surface area contributed by atoms with Crippen LogP contribution in [0, 0.1) is 0 Å². The fraction of sp³-hybridized carbons (Fsp3) is 0.333. The Hall–Kier alpha value is -2.14. The Morgan fingerprint density at radius 1 is 1.30 bits per heavy atom. The van der Waals surface area contributed by atoms with Crippen LogP contribution in [0.15, 0.2) is 35.7 Å². The van der Waals surface area contributed by atoms with Gasteiger partial charge >= 0.3 is 5.97 Å². The van der Waals surface area contributed by atoms with E-state index in [1.165, 1.54) is 10.4 Å². The van der Waals surface area contributed by atoms with E-state index >= 15 is 0 Å². The standard InChI is InChI=1S/C18H19NO3S/c1-2-15-14-8-10-23-16(14)7-9-19(15)17(20)11-12-5-3-4-6-13(12)18(21)22/h3-6,8,10,15H,2,7,9,11H2,1H3,(H,21,22). The average Bonchev–Trinajstić information content (AvgIpc) is 3.02. The summed E-state index contributed by atoms with van der Waals surface area (Å²) in [6, 6.07) is 8.95. The second kappa shape index (κ2) is 6.54. The number of thiophene rings is 1. The number of hydrogen-bond donors (Lipinski definition) is 1. The molecule has 1 unspecified atom stereocenters.